The van der Waals surface area contributed by atoms with E-state index in [-0.39, 0.29) is 11.9 Å². The summed E-state index contributed by atoms with van der Waals surface area (Å²) >= 11 is 6.04. The van der Waals surface area contributed by atoms with Crippen molar-refractivity contribution in [3.8, 4) is 0 Å². The molecule has 16 heavy (non-hydrogen) atoms. The summed E-state index contributed by atoms with van der Waals surface area (Å²) in [4.78, 5) is 7.11. The quantitative estimate of drug-likeness (QED) is 0.864. The van der Waals surface area contributed by atoms with Gasteiger partial charge in [0.25, 0.3) is 0 Å². The summed E-state index contributed by atoms with van der Waals surface area (Å²) in [5, 5.41) is 3.56. The molecule has 1 heterocycles. The summed E-state index contributed by atoms with van der Waals surface area (Å²) in [6.07, 6.45) is 3.36. The van der Waals surface area contributed by atoms with Gasteiger partial charge < -0.3 is 10.3 Å². The first-order valence-corrected chi connectivity index (χ1v) is 5.21. The van der Waals surface area contributed by atoms with Gasteiger partial charge in [0.2, 0.25) is 0 Å². The first kappa shape index (κ1) is 11.1. The summed E-state index contributed by atoms with van der Waals surface area (Å²) in [6, 6.07) is 4.05. The van der Waals surface area contributed by atoms with Gasteiger partial charge >= 0.3 is 0 Å². The van der Waals surface area contributed by atoms with Crippen molar-refractivity contribution in [2.75, 3.05) is 7.05 Å². The van der Waals surface area contributed by atoms with Crippen LogP contribution in [0.4, 0.5) is 4.39 Å². The molecule has 2 N–H and O–H groups in total. The number of nitrogens with zero attached hydrogens (tertiary/aromatic N) is 1. The molecule has 2 rings (SSSR count). The highest BCUT2D eigenvalue weighted by molar-refractivity contribution is 6.31. The molecular formula is C11H11ClFN3. The number of hydrogen-bond acceptors (Lipinski definition) is 2. The van der Waals surface area contributed by atoms with E-state index in [2.05, 4.69) is 15.3 Å². The maximum atomic E-state index is 13.2. The second-order valence-electron chi connectivity index (χ2n) is 3.36. The molecule has 0 radical (unpaired) electrons. The van der Waals surface area contributed by atoms with Crippen molar-refractivity contribution in [1.29, 1.82) is 0 Å². The fraction of sp³-hybridized carbons (Fsp3) is 0.182. The van der Waals surface area contributed by atoms with Crippen molar-refractivity contribution in [2.45, 2.75) is 6.04 Å². The number of aromatic nitrogens is 2. The molecule has 1 atom stereocenters. The van der Waals surface area contributed by atoms with E-state index >= 15 is 0 Å². The summed E-state index contributed by atoms with van der Waals surface area (Å²) in [7, 11) is 1.77. The summed E-state index contributed by atoms with van der Waals surface area (Å²) in [6.45, 7) is 0. The van der Waals surface area contributed by atoms with Crippen LogP contribution < -0.4 is 5.32 Å². The van der Waals surface area contributed by atoms with E-state index in [1.165, 1.54) is 12.1 Å². The van der Waals surface area contributed by atoms with Crippen molar-refractivity contribution in [1.82, 2.24) is 15.3 Å². The highest BCUT2D eigenvalue weighted by atomic mass is 35.5. The van der Waals surface area contributed by atoms with E-state index < -0.39 is 0 Å². The van der Waals surface area contributed by atoms with E-state index in [0.29, 0.717) is 16.4 Å². The van der Waals surface area contributed by atoms with Gasteiger partial charge in [-0.2, -0.15) is 0 Å². The Balaban J connectivity index is 2.44. The lowest BCUT2D eigenvalue weighted by Crippen LogP contribution is -2.19. The molecule has 0 saturated carbocycles. The number of hydrogen-bond donors (Lipinski definition) is 2. The van der Waals surface area contributed by atoms with Crippen LogP contribution in [0.25, 0.3) is 0 Å². The van der Waals surface area contributed by atoms with Crippen LogP contribution in [0.1, 0.15) is 17.4 Å². The molecule has 1 aromatic heterocycles. The first-order chi connectivity index (χ1) is 7.72. The van der Waals surface area contributed by atoms with Crippen LogP contribution in [0, 0.1) is 5.82 Å². The lowest BCUT2D eigenvalue weighted by atomic mass is 10.1. The zero-order chi connectivity index (χ0) is 11.5. The Bertz CT molecular complexity index is 470. The molecule has 0 aliphatic rings. The molecular weight excluding hydrogens is 229 g/mol. The zero-order valence-corrected chi connectivity index (χ0v) is 9.42. The van der Waals surface area contributed by atoms with Crippen LogP contribution in [0.15, 0.2) is 30.6 Å². The van der Waals surface area contributed by atoms with Crippen molar-refractivity contribution < 1.29 is 4.39 Å². The molecule has 84 valence electrons. The molecule has 1 unspecified atom stereocenters. The smallest absolute Gasteiger partial charge is 0.127 e. The van der Waals surface area contributed by atoms with Crippen LogP contribution in [-0.4, -0.2) is 17.0 Å². The molecule has 0 bridgehead atoms. The molecule has 0 aliphatic heterocycles. The Labute approximate surface area is 97.7 Å². The second kappa shape index (κ2) is 4.63. The Morgan fingerprint density at radius 2 is 2.31 bits per heavy atom. The largest absolute Gasteiger partial charge is 0.347 e. The number of H-pyrrole nitrogens is 1. The van der Waals surface area contributed by atoms with Crippen molar-refractivity contribution >= 4 is 11.6 Å². The van der Waals surface area contributed by atoms with Crippen molar-refractivity contribution in [2.24, 2.45) is 0 Å². The van der Waals surface area contributed by atoms with Crippen molar-refractivity contribution in [3.05, 3.63) is 52.8 Å². The molecule has 1 aromatic carbocycles. The third kappa shape index (κ3) is 2.08. The van der Waals surface area contributed by atoms with E-state index in [9.17, 15) is 4.39 Å². The molecule has 0 saturated heterocycles. The van der Waals surface area contributed by atoms with Gasteiger partial charge in [0.05, 0.1) is 6.04 Å². The minimum atomic E-state index is -0.314. The standard InChI is InChI=1S/C11H11ClFN3/c1-14-10(11-15-4-5-16-11)8-6-7(13)2-3-9(8)12/h2-6,10,14H,1H3,(H,15,16). The third-order valence-corrected chi connectivity index (χ3v) is 2.69. The van der Waals surface area contributed by atoms with Gasteiger partial charge in [0, 0.05) is 17.4 Å². The maximum absolute atomic E-state index is 13.2. The maximum Gasteiger partial charge on any atom is 0.127 e. The number of nitrogens with one attached hydrogen (secondary N) is 2. The predicted octanol–water partition coefficient (Wildman–Crippen LogP) is 2.51. The average molecular weight is 240 g/mol. The van der Waals surface area contributed by atoms with Gasteiger partial charge in [-0.25, -0.2) is 9.37 Å². The van der Waals surface area contributed by atoms with Crippen LogP contribution in [-0.2, 0) is 0 Å². The van der Waals surface area contributed by atoms with Crippen molar-refractivity contribution in [3.63, 3.8) is 0 Å². The van der Waals surface area contributed by atoms with Gasteiger partial charge in [-0.05, 0) is 30.8 Å². The van der Waals surface area contributed by atoms with Crippen LogP contribution in [0.3, 0.4) is 0 Å². The Kier molecular flexibility index (Phi) is 3.22. The summed E-state index contributed by atoms with van der Waals surface area (Å²) < 4.78 is 13.2. The SMILES string of the molecule is CNC(c1ncc[nH]1)c1cc(F)ccc1Cl. The lowest BCUT2D eigenvalue weighted by Gasteiger charge is -2.15. The second-order valence-corrected chi connectivity index (χ2v) is 3.77. The van der Waals surface area contributed by atoms with Gasteiger partial charge in [-0.3, -0.25) is 0 Å². The number of rotatable bonds is 3. The Hall–Kier alpha value is -1.39. The van der Waals surface area contributed by atoms with Gasteiger partial charge in [0.1, 0.15) is 11.6 Å². The highest BCUT2D eigenvalue weighted by Crippen LogP contribution is 2.26. The normalized spacial score (nSPS) is 12.7. The average Bonchev–Trinajstić information content (AvgIpc) is 2.78. The monoisotopic (exact) mass is 239 g/mol. The fourth-order valence-corrected chi connectivity index (χ4v) is 1.84. The van der Waals surface area contributed by atoms with E-state index in [0.717, 1.165) is 0 Å². The lowest BCUT2D eigenvalue weighted by molar-refractivity contribution is 0.610. The van der Waals surface area contributed by atoms with E-state index in [4.69, 9.17) is 11.6 Å². The van der Waals surface area contributed by atoms with E-state index in [1.807, 2.05) is 0 Å². The number of halogens is 2. The minimum absolute atomic E-state index is 0.238. The molecule has 3 nitrogen and oxygen atoms in total. The third-order valence-electron chi connectivity index (χ3n) is 2.35. The van der Waals surface area contributed by atoms with Gasteiger partial charge in [-0.15, -0.1) is 0 Å². The topological polar surface area (TPSA) is 40.7 Å². The molecule has 0 fully saturated rings. The number of imidazole rings is 1. The van der Waals surface area contributed by atoms with Gasteiger partial charge in [0.15, 0.2) is 0 Å². The molecule has 0 aliphatic carbocycles. The van der Waals surface area contributed by atoms with Crippen LogP contribution in [0.2, 0.25) is 5.02 Å². The Morgan fingerprint density at radius 1 is 1.50 bits per heavy atom. The molecule has 5 heteroatoms. The number of aromatic amines is 1. The fourth-order valence-electron chi connectivity index (χ4n) is 1.61. The van der Waals surface area contributed by atoms with Crippen LogP contribution >= 0.6 is 11.6 Å². The van der Waals surface area contributed by atoms with E-state index in [1.54, 1.807) is 25.5 Å². The zero-order valence-electron chi connectivity index (χ0n) is 8.67. The predicted molar refractivity (Wildman–Crippen MR) is 60.9 cm³/mol. The molecule has 0 amide bonds. The van der Waals surface area contributed by atoms with Gasteiger partial charge in [-0.1, -0.05) is 11.6 Å². The molecule has 0 spiro atoms. The molecule has 2 aromatic rings. The summed E-state index contributed by atoms with van der Waals surface area (Å²) in [5.74, 6) is 0.390. The highest BCUT2D eigenvalue weighted by Gasteiger charge is 2.17. The minimum Gasteiger partial charge on any atom is -0.347 e. The number of benzene rings is 1. The first-order valence-electron chi connectivity index (χ1n) is 4.84. The summed E-state index contributed by atoms with van der Waals surface area (Å²) in [5.41, 5.74) is 0.666. The Morgan fingerprint density at radius 3 is 2.94 bits per heavy atom. The van der Waals surface area contributed by atoms with Crippen LogP contribution in [0.5, 0.6) is 0 Å².